The van der Waals surface area contributed by atoms with E-state index in [0.29, 0.717) is 12.8 Å². The van der Waals surface area contributed by atoms with Crippen molar-refractivity contribution < 1.29 is 24.4 Å². The van der Waals surface area contributed by atoms with E-state index in [1.807, 2.05) is 20.1 Å². The van der Waals surface area contributed by atoms with Gasteiger partial charge in [0.15, 0.2) is 0 Å². The summed E-state index contributed by atoms with van der Waals surface area (Å²) in [6.07, 6.45) is 11.8. The second-order valence-corrected chi connectivity index (χ2v) is 23.5. The molecule has 0 spiro atoms. The van der Waals surface area contributed by atoms with E-state index in [2.05, 4.69) is 26.8 Å². The molecule has 0 aromatic rings. The topological polar surface area (TPSA) is 68.2 Å². The van der Waals surface area contributed by atoms with Crippen LogP contribution in [0.1, 0.15) is 86.0 Å². The van der Waals surface area contributed by atoms with Gasteiger partial charge in [0.1, 0.15) is 0 Å². The summed E-state index contributed by atoms with van der Waals surface area (Å²) in [4.78, 5) is 0. The van der Waals surface area contributed by atoms with Crippen molar-refractivity contribution >= 4 is 18.4 Å². The van der Waals surface area contributed by atoms with E-state index < -0.39 is 36.6 Å². The predicted octanol–water partition coefficient (Wildman–Crippen LogP) is 5.98. The average molecular weight is 535 g/mol. The molecule has 2 N–H and O–H groups in total. The van der Waals surface area contributed by atoms with Crippen LogP contribution in [0, 0.1) is 0 Å². The third kappa shape index (κ3) is 10.7. The van der Waals surface area contributed by atoms with E-state index in [-0.39, 0.29) is 12.7 Å². The molecule has 0 aromatic heterocycles. The number of aliphatic hydroxyl groups is 2. The van der Waals surface area contributed by atoms with Gasteiger partial charge in [-0.1, -0.05) is 0 Å². The fourth-order valence-corrected chi connectivity index (χ4v) is 19.4. The zero-order valence-corrected chi connectivity index (χ0v) is 23.1. The molecule has 178 valence electrons. The Morgan fingerprint density at radius 3 is 2.07 bits per heavy atom. The Morgan fingerprint density at radius 1 is 1.00 bits per heavy atom. The van der Waals surface area contributed by atoms with Crippen molar-refractivity contribution in [3.8, 4) is 0 Å². The summed E-state index contributed by atoms with van der Waals surface area (Å²) in [6, 6.07) is 0. The molecule has 1 rings (SSSR count). The van der Waals surface area contributed by atoms with Crippen molar-refractivity contribution in [1.29, 1.82) is 0 Å². The number of hydrogen-bond donors (Lipinski definition) is 2. The summed E-state index contributed by atoms with van der Waals surface area (Å²) in [6.45, 7) is 10.5. The average Bonchev–Trinajstić information content (AvgIpc) is 3.03. The van der Waals surface area contributed by atoms with Crippen LogP contribution in [0.15, 0.2) is 12.3 Å². The van der Waals surface area contributed by atoms with Gasteiger partial charge in [0, 0.05) is 0 Å². The molecular weight excluding hydrogens is 487 g/mol. The van der Waals surface area contributed by atoms with Gasteiger partial charge in [0.25, 0.3) is 0 Å². The molecule has 0 radical (unpaired) electrons. The van der Waals surface area contributed by atoms with Crippen LogP contribution < -0.4 is 0 Å². The molecule has 0 aromatic carbocycles. The summed E-state index contributed by atoms with van der Waals surface area (Å²) in [5.74, 6) is -0.695. The van der Waals surface area contributed by atoms with Crippen molar-refractivity contribution in [2.24, 2.45) is 0 Å². The molecule has 0 aliphatic carbocycles. The number of aliphatic hydroxyl groups excluding tert-OH is 2. The Labute approximate surface area is 189 Å². The summed E-state index contributed by atoms with van der Waals surface area (Å²) < 4.78 is 23.6. The number of ether oxygens (including phenoxy) is 3. The van der Waals surface area contributed by atoms with Crippen LogP contribution in [0.3, 0.4) is 0 Å². The van der Waals surface area contributed by atoms with Gasteiger partial charge in [-0.05, 0) is 0 Å². The first-order chi connectivity index (χ1) is 14.3. The summed E-state index contributed by atoms with van der Waals surface area (Å²) in [5.41, 5.74) is 0. The maximum absolute atomic E-state index is 9.66. The Bertz CT molecular complexity index is 447. The molecule has 0 amide bonds. The zero-order chi connectivity index (χ0) is 22.5. The SMILES string of the molecule is CCC[CH2][Sn]([CH2]/C=C\O[C@@H]1OC(C)(C)O[C@H]1CC[C@@H](O)CO)([CH2]CCC)[CH2]CCC. The first kappa shape index (κ1) is 28.2. The van der Waals surface area contributed by atoms with Crippen LogP contribution in [-0.4, -0.2) is 59.5 Å². The molecule has 3 atom stereocenters. The summed E-state index contributed by atoms with van der Waals surface area (Å²) >= 11 is -2.18. The predicted molar refractivity (Wildman–Crippen MR) is 126 cm³/mol. The van der Waals surface area contributed by atoms with Crippen molar-refractivity contribution in [3.05, 3.63) is 12.3 Å². The van der Waals surface area contributed by atoms with Crippen LogP contribution >= 0.6 is 0 Å². The van der Waals surface area contributed by atoms with Crippen LogP contribution in [0.5, 0.6) is 0 Å². The molecule has 6 heteroatoms. The first-order valence-corrected chi connectivity index (χ1v) is 20.3. The normalized spacial score (nSPS) is 22.6. The monoisotopic (exact) mass is 536 g/mol. The quantitative estimate of drug-likeness (QED) is 0.177. The number of rotatable bonds is 17. The van der Waals surface area contributed by atoms with Gasteiger partial charge in [-0.25, -0.2) is 0 Å². The van der Waals surface area contributed by atoms with Crippen molar-refractivity contribution in [2.45, 2.75) is 128 Å². The van der Waals surface area contributed by atoms with Crippen molar-refractivity contribution in [3.63, 3.8) is 0 Å². The van der Waals surface area contributed by atoms with E-state index >= 15 is 0 Å². The maximum atomic E-state index is 9.66. The minimum atomic E-state index is -2.18. The van der Waals surface area contributed by atoms with Gasteiger partial charge < -0.3 is 0 Å². The van der Waals surface area contributed by atoms with Gasteiger partial charge in [0.05, 0.1) is 0 Å². The molecular formula is C24H48O5Sn. The van der Waals surface area contributed by atoms with Gasteiger partial charge in [-0.2, -0.15) is 0 Å². The molecule has 0 unspecified atom stereocenters. The minimum absolute atomic E-state index is 0.231. The molecule has 1 heterocycles. The molecule has 1 fully saturated rings. The van der Waals surface area contributed by atoms with E-state index in [1.54, 1.807) is 0 Å². The Hall–Kier alpha value is 0.179. The van der Waals surface area contributed by atoms with Gasteiger partial charge in [-0.3, -0.25) is 0 Å². The van der Waals surface area contributed by atoms with E-state index in [0.717, 1.165) is 0 Å². The number of allylic oxidation sites excluding steroid dienone is 1. The molecule has 0 bridgehead atoms. The van der Waals surface area contributed by atoms with Crippen LogP contribution in [0.2, 0.25) is 17.7 Å². The molecule has 1 aliphatic rings. The fourth-order valence-electron chi connectivity index (χ4n) is 4.33. The van der Waals surface area contributed by atoms with Gasteiger partial charge >= 0.3 is 190 Å². The Kier molecular flexibility index (Phi) is 14.2. The van der Waals surface area contributed by atoms with Crippen molar-refractivity contribution in [2.75, 3.05) is 6.61 Å². The van der Waals surface area contributed by atoms with Crippen LogP contribution in [0.25, 0.3) is 0 Å². The second-order valence-electron chi connectivity index (χ2n) is 9.48. The fraction of sp³-hybridized carbons (Fsp3) is 0.917. The molecule has 5 nitrogen and oxygen atoms in total. The van der Waals surface area contributed by atoms with Crippen LogP contribution in [0.4, 0.5) is 0 Å². The van der Waals surface area contributed by atoms with E-state index in [1.165, 1.54) is 56.3 Å². The summed E-state index contributed by atoms with van der Waals surface area (Å²) in [7, 11) is 0. The molecule has 1 aliphatic heterocycles. The number of unbranched alkanes of at least 4 members (excludes halogenated alkanes) is 3. The van der Waals surface area contributed by atoms with E-state index in [9.17, 15) is 5.11 Å². The summed E-state index contributed by atoms with van der Waals surface area (Å²) in [5, 5.41) is 18.7. The van der Waals surface area contributed by atoms with Gasteiger partial charge in [0.2, 0.25) is 0 Å². The van der Waals surface area contributed by atoms with Gasteiger partial charge in [-0.15, -0.1) is 0 Å². The zero-order valence-electron chi connectivity index (χ0n) is 20.2. The first-order valence-electron chi connectivity index (χ1n) is 12.3. The molecule has 30 heavy (non-hydrogen) atoms. The van der Waals surface area contributed by atoms with E-state index in [4.69, 9.17) is 19.3 Å². The molecule has 1 saturated heterocycles. The third-order valence-corrected chi connectivity index (χ3v) is 21.4. The Morgan fingerprint density at radius 2 is 1.57 bits per heavy atom. The number of hydrogen-bond acceptors (Lipinski definition) is 5. The Balaban J connectivity index is 2.70. The molecule has 0 saturated carbocycles. The second kappa shape index (κ2) is 15.1. The standard InChI is InChI=1S/C12H21O5.3C4H9.Sn/c1-4-7-15-11-10(6-5-9(14)8-13)16-12(2,3)17-11;3*1-3-4-2;/h4,7,9-11,13-14H,1,5-6,8H2,2-3H3;3*1,3-4H2,2H3;/b7-4-;;;;/t9-,10+,11-;;;;/m1..../s1. The van der Waals surface area contributed by atoms with Crippen molar-refractivity contribution in [1.82, 2.24) is 0 Å². The van der Waals surface area contributed by atoms with Crippen LogP contribution in [-0.2, 0) is 14.2 Å². The third-order valence-electron chi connectivity index (χ3n) is 6.18.